The summed E-state index contributed by atoms with van der Waals surface area (Å²) in [6.45, 7) is 3.19. The summed E-state index contributed by atoms with van der Waals surface area (Å²) in [5.41, 5.74) is 6.31. The van der Waals surface area contributed by atoms with Crippen LogP contribution in [-0.4, -0.2) is 57.6 Å². The molecule has 0 unspecified atom stereocenters. The van der Waals surface area contributed by atoms with E-state index in [0.717, 1.165) is 24.3 Å². The summed E-state index contributed by atoms with van der Waals surface area (Å²) in [6, 6.07) is 21.3. The number of nitrogens with zero attached hydrogens (tertiary/aromatic N) is 4. The maximum absolute atomic E-state index is 13.0. The first-order chi connectivity index (χ1) is 16.5. The maximum Gasteiger partial charge on any atom is 0.275 e. The Bertz CT molecular complexity index is 1450. The SMILES string of the molecule is NC(=O)c1nn(CC(=O)N2CCN(Cc3cccc4ccccc34)CC2)c(=O)c2ccccc12. The lowest BCUT2D eigenvalue weighted by Gasteiger charge is -2.35. The van der Waals surface area contributed by atoms with E-state index in [4.69, 9.17) is 5.73 Å². The van der Waals surface area contributed by atoms with Gasteiger partial charge in [-0.15, -0.1) is 0 Å². The first-order valence-electron chi connectivity index (χ1n) is 11.3. The normalized spacial score (nSPS) is 14.5. The predicted molar refractivity (Wildman–Crippen MR) is 130 cm³/mol. The molecule has 5 rings (SSSR count). The molecule has 1 saturated heterocycles. The van der Waals surface area contributed by atoms with Crippen molar-refractivity contribution in [2.75, 3.05) is 26.2 Å². The van der Waals surface area contributed by atoms with Gasteiger partial charge < -0.3 is 10.6 Å². The van der Waals surface area contributed by atoms with Crippen molar-refractivity contribution in [2.45, 2.75) is 13.1 Å². The summed E-state index contributed by atoms with van der Waals surface area (Å²) >= 11 is 0. The van der Waals surface area contributed by atoms with Crippen LogP contribution in [0.3, 0.4) is 0 Å². The summed E-state index contributed by atoms with van der Waals surface area (Å²) in [6.07, 6.45) is 0. The molecule has 0 spiro atoms. The summed E-state index contributed by atoms with van der Waals surface area (Å²) in [4.78, 5) is 41.8. The van der Waals surface area contributed by atoms with Gasteiger partial charge in [-0.1, -0.05) is 60.7 Å². The number of hydrogen-bond acceptors (Lipinski definition) is 5. The molecule has 1 aliphatic heterocycles. The molecule has 1 aromatic heterocycles. The molecule has 1 aliphatic rings. The minimum atomic E-state index is -0.737. The van der Waals surface area contributed by atoms with Crippen molar-refractivity contribution in [1.82, 2.24) is 19.6 Å². The maximum atomic E-state index is 13.0. The number of piperazine rings is 1. The van der Waals surface area contributed by atoms with Gasteiger partial charge >= 0.3 is 0 Å². The van der Waals surface area contributed by atoms with Gasteiger partial charge in [0.15, 0.2) is 5.69 Å². The number of rotatable bonds is 5. The lowest BCUT2D eigenvalue weighted by atomic mass is 10.0. The number of carbonyl (C=O) groups excluding carboxylic acids is 2. The Hall–Kier alpha value is -4.04. The van der Waals surface area contributed by atoms with Crippen LogP contribution in [0.15, 0.2) is 71.5 Å². The van der Waals surface area contributed by atoms with E-state index in [0.29, 0.717) is 23.9 Å². The molecule has 4 aromatic rings. The zero-order valence-electron chi connectivity index (χ0n) is 18.7. The van der Waals surface area contributed by atoms with Gasteiger partial charge in [-0.25, -0.2) is 4.68 Å². The van der Waals surface area contributed by atoms with E-state index in [1.807, 2.05) is 6.07 Å². The largest absolute Gasteiger partial charge is 0.364 e. The smallest absolute Gasteiger partial charge is 0.275 e. The van der Waals surface area contributed by atoms with Gasteiger partial charge in [0.05, 0.1) is 5.39 Å². The van der Waals surface area contributed by atoms with Crippen molar-refractivity contribution in [1.29, 1.82) is 0 Å². The van der Waals surface area contributed by atoms with E-state index in [-0.39, 0.29) is 18.1 Å². The molecule has 0 aliphatic carbocycles. The van der Waals surface area contributed by atoms with Crippen molar-refractivity contribution in [3.8, 4) is 0 Å². The zero-order chi connectivity index (χ0) is 23.7. The van der Waals surface area contributed by atoms with Gasteiger partial charge in [0.1, 0.15) is 6.54 Å². The summed E-state index contributed by atoms with van der Waals surface area (Å²) in [5.74, 6) is -0.940. The average Bonchev–Trinajstić information content (AvgIpc) is 2.86. The van der Waals surface area contributed by atoms with Crippen LogP contribution in [0.25, 0.3) is 21.5 Å². The highest BCUT2D eigenvalue weighted by Gasteiger charge is 2.23. The lowest BCUT2D eigenvalue weighted by molar-refractivity contribution is -0.133. The Morgan fingerprint density at radius 2 is 1.47 bits per heavy atom. The van der Waals surface area contributed by atoms with Gasteiger partial charge in [-0.2, -0.15) is 5.10 Å². The third-order valence-electron chi connectivity index (χ3n) is 6.39. The van der Waals surface area contributed by atoms with Crippen LogP contribution in [0, 0.1) is 0 Å². The van der Waals surface area contributed by atoms with Crippen LogP contribution in [0.1, 0.15) is 16.1 Å². The Morgan fingerprint density at radius 3 is 2.21 bits per heavy atom. The van der Waals surface area contributed by atoms with Crippen molar-refractivity contribution in [2.24, 2.45) is 5.73 Å². The third-order valence-corrected chi connectivity index (χ3v) is 6.39. The number of nitrogens with two attached hydrogens (primary N) is 1. The number of fused-ring (bicyclic) bond motifs is 2. The second-order valence-electron chi connectivity index (χ2n) is 8.52. The third kappa shape index (κ3) is 4.15. The highest BCUT2D eigenvalue weighted by atomic mass is 16.2. The number of primary amides is 1. The molecule has 0 saturated carbocycles. The van der Waals surface area contributed by atoms with Crippen LogP contribution in [0.2, 0.25) is 0 Å². The Kier molecular flexibility index (Phi) is 5.81. The lowest BCUT2D eigenvalue weighted by Crippen LogP contribution is -2.49. The van der Waals surface area contributed by atoms with E-state index in [9.17, 15) is 14.4 Å². The van der Waals surface area contributed by atoms with Crippen molar-refractivity contribution in [3.63, 3.8) is 0 Å². The van der Waals surface area contributed by atoms with Gasteiger partial charge in [-0.3, -0.25) is 19.3 Å². The van der Waals surface area contributed by atoms with E-state index in [1.54, 1.807) is 29.2 Å². The second kappa shape index (κ2) is 9.07. The topological polar surface area (TPSA) is 102 Å². The molecular formula is C26H25N5O3. The fraction of sp³-hybridized carbons (Fsp3) is 0.231. The molecule has 3 aromatic carbocycles. The molecule has 172 valence electrons. The number of benzene rings is 3. The standard InChI is InChI=1S/C26H25N5O3/c27-25(33)24-21-10-3-4-11-22(21)26(34)31(28-24)17-23(32)30-14-12-29(13-15-30)16-19-8-5-7-18-6-1-2-9-20(18)19/h1-11H,12-17H2,(H2,27,33). The zero-order valence-corrected chi connectivity index (χ0v) is 18.7. The van der Waals surface area contributed by atoms with Crippen molar-refractivity contribution < 1.29 is 9.59 Å². The first kappa shape index (κ1) is 21.8. The van der Waals surface area contributed by atoms with Gasteiger partial charge in [0, 0.05) is 38.1 Å². The molecule has 8 heteroatoms. The Morgan fingerprint density at radius 1 is 0.824 bits per heavy atom. The molecular weight excluding hydrogens is 430 g/mol. The van der Waals surface area contributed by atoms with Crippen molar-refractivity contribution in [3.05, 3.63) is 88.3 Å². The Balaban J connectivity index is 1.28. The van der Waals surface area contributed by atoms with Crippen LogP contribution >= 0.6 is 0 Å². The predicted octanol–water partition coefficient (Wildman–Crippen LogP) is 1.99. The van der Waals surface area contributed by atoms with E-state index in [2.05, 4.69) is 46.4 Å². The van der Waals surface area contributed by atoms with Crippen molar-refractivity contribution >= 4 is 33.4 Å². The number of hydrogen-bond donors (Lipinski definition) is 1. The average molecular weight is 456 g/mol. The quantitative estimate of drug-likeness (QED) is 0.496. The molecule has 2 heterocycles. The first-order valence-corrected chi connectivity index (χ1v) is 11.3. The molecule has 1 fully saturated rings. The molecule has 0 bridgehead atoms. The summed E-state index contributed by atoms with van der Waals surface area (Å²) < 4.78 is 1.05. The number of carbonyl (C=O) groups is 2. The summed E-state index contributed by atoms with van der Waals surface area (Å²) in [5, 5.41) is 7.28. The fourth-order valence-electron chi connectivity index (χ4n) is 4.58. The van der Waals surface area contributed by atoms with Crippen LogP contribution in [0.4, 0.5) is 0 Å². The number of amides is 2. The van der Waals surface area contributed by atoms with E-state index in [1.165, 1.54) is 16.3 Å². The van der Waals surface area contributed by atoms with Crippen LogP contribution in [0.5, 0.6) is 0 Å². The van der Waals surface area contributed by atoms with Gasteiger partial charge in [-0.05, 0) is 22.4 Å². The van der Waals surface area contributed by atoms with E-state index < -0.39 is 11.5 Å². The minimum absolute atomic E-state index is 0.0112. The number of aromatic nitrogens is 2. The van der Waals surface area contributed by atoms with Crippen LogP contribution in [-0.2, 0) is 17.9 Å². The molecule has 34 heavy (non-hydrogen) atoms. The van der Waals surface area contributed by atoms with Crippen LogP contribution < -0.4 is 11.3 Å². The minimum Gasteiger partial charge on any atom is -0.364 e. The monoisotopic (exact) mass is 455 g/mol. The second-order valence-corrected chi connectivity index (χ2v) is 8.52. The molecule has 2 amide bonds. The highest BCUT2D eigenvalue weighted by Crippen LogP contribution is 2.20. The molecule has 8 nitrogen and oxygen atoms in total. The van der Waals surface area contributed by atoms with Gasteiger partial charge in [0.25, 0.3) is 11.5 Å². The van der Waals surface area contributed by atoms with Gasteiger partial charge in [0.2, 0.25) is 5.91 Å². The molecule has 2 N–H and O–H groups in total. The highest BCUT2D eigenvalue weighted by molar-refractivity contribution is 6.04. The summed E-state index contributed by atoms with van der Waals surface area (Å²) in [7, 11) is 0. The molecule has 0 radical (unpaired) electrons. The van der Waals surface area contributed by atoms with E-state index >= 15 is 0 Å². The fourth-order valence-corrected chi connectivity index (χ4v) is 4.58. The molecule has 0 atom stereocenters. The Labute approximate surface area is 196 Å².